The summed E-state index contributed by atoms with van der Waals surface area (Å²) in [5, 5.41) is 8.41. The number of nitrogens with zero attached hydrogens (tertiary/aromatic N) is 1. The molecule has 0 radical (unpaired) electrons. The third kappa shape index (κ3) is 2.91. The van der Waals surface area contributed by atoms with Crippen LogP contribution in [0.2, 0.25) is 0 Å². The predicted octanol–water partition coefficient (Wildman–Crippen LogP) is 3.15. The summed E-state index contributed by atoms with van der Waals surface area (Å²) in [5.74, 6) is 0. The molecule has 0 atom stereocenters. The Labute approximate surface area is 80.0 Å². The summed E-state index contributed by atoms with van der Waals surface area (Å²) in [6.07, 6.45) is 2.66. The molecule has 1 aromatic rings. The SMILES string of the molecule is Cc1ccc(CCCC#N)c(C)c1. The van der Waals surface area contributed by atoms with Gasteiger partial charge in [0.05, 0.1) is 6.07 Å². The molecule has 0 N–H and O–H groups in total. The summed E-state index contributed by atoms with van der Waals surface area (Å²) in [6.45, 7) is 4.24. The average molecular weight is 173 g/mol. The zero-order valence-corrected chi connectivity index (χ0v) is 8.30. The van der Waals surface area contributed by atoms with E-state index in [1.165, 1.54) is 16.7 Å². The quantitative estimate of drug-likeness (QED) is 0.644. The molecule has 1 nitrogen and oxygen atoms in total. The van der Waals surface area contributed by atoms with Crippen molar-refractivity contribution in [3.63, 3.8) is 0 Å². The first-order chi connectivity index (χ1) is 6.24. The molecule has 0 heterocycles. The monoisotopic (exact) mass is 173 g/mol. The number of hydrogen-bond acceptors (Lipinski definition) is 1. The molecule has 13 heavy (non-hydrogen) atoms. The lowest BCUT2D eigenvalue weighted by molar-refractivity contribution is 0.844. The van der Waals surface area contributed by atoms with E-state index in [0.29, 0.717) is 6.42 Å². The normalized spacial score (nSPS) is 9.62. The molecular weight excluding hydrogens is 158 g/mol. The highest BCUT2D eigenvalue weighted by molar-refractivity contribution is 5.30. The molecule has 1 heteroatoms. The standard InChI is InChI=1S/C12H15N/c1-10-6-7-12(11(2)9-10)5-3-4-8-13/h6-7,9H,3-5H2,1-2H3. The fourth-order valence-electron chi connectivity index (χ4n) is 1.48. The number of benzene rings is 1. The lowest BCUT2D eigenvalue weighted by Crippen LogP contribution is -1.90. The van der Waals surface area contributed by atoms with E-state index >= 15 is 0 Å². The Kier molecular flexibility index (Phi) is 3.52. The van der Waals surface area contributed by atoms with Crippen molar-refractivity contribution in [2.75, 3.05) is 0 Å². The summed E-state index contributed by atoms with van der Waals surface area (Å²) in [5.41, 5.74) is 4.03. The second-order valence-corrected chi connectivity index (χ2v) is 3.44. The van der Waals surface area contributed by atoms with Crippen LogP contribution in [0.3, 0.4) is 0 Å². The minimum Gasteiger partial charge on any atom is -0.198 e. The van der Waals surface area contributed by atoms with Gasteiger partial charge in [-0.15, -0.1) is 0 Å². The Morgan fingerprint density at radius 1 is 1.31 bits per heavy atom. The minimum atomic E-state index is 0.660. The largest absolute Gasteiger partial charge is 0.198 e. The van der Waals surface area contributed by atoms with Crippen molar-refractivity contribution in [3.8, 4) is 6.07 Å². The van der Waals surface area contributed by atoms with Gasteiger partial charge in [0.2, 0.25) is 0 Å². The first kappa shape index (κ1) is 9.80. The summed E-state index contributed by atoms with van der Waals surface area (Å²) in [6, 6.07) is 8.67. The van der Waals surface area contributed by atoms with Gasteiger partial charge < -0.3 is 0 Å². The molecule has 0 aromatic heterocycles. The highest BCUT2D eigenvalue weighted by atomic mass is 14.2. The van der Waals surface area contributed by atoms with Gasteiger partial charge in [0, 0.05) is 6.42 Å². The van der Waals surface area contributed by atoms with Crippen LogP contribution in [0.5, 0.6) is 0 Å². The molecule has 0 saturated heterocycles. The van der Waals surface area contributed by atoms with Crippen molar-refractivity contribution in [2.45, 2.75) is 33.1 Å². The lowest BCUT2D eigenvalue weighted by Gasteiger charge is -2.04. The fourth-order valence-corrected chi connectivity index (χ4v) is 1.48. The first-order valence-electron chi connectivity index (χ1n) is 4.67. The van der Waals surface area contributed by atoms with Crippen LogP contribution in [0.1, 0.15) is 29.5 Å². The minimum absolute atomic E-state index is 0.660. The topological polar surface area (TPSA) is 23.8 Å². The van der Waals surface area contributed by atoms with Gasteiger partial charge in [-0.25, -0.2) is 0 Å². The van der Waals surface area contributed by atoms with Crippen molar-refractivity contribution < 1.29 is 0 Å². The van der Waals surface area contributed by atoms with Gasteiger partial charge >= 0.3 is 0 Å². The summed E-state index contributed by atoms with van der Waals surface area (Å²) >= 11 is 0. The molecule has 1 aromatic carbocycles. The molecule has 1 rings (SSSR count). The molecule has 0 aliphatic carbocycles. The predicted molar refractivity (Wildman–Crippen MR) is 54.5 cm³/mol. The van der Waals surface area contributed by atoms with E-state index in [9.17, 15) is 0 Å². The van der Waals surface area contributed by atoms with E-state index in [2.05, 4.69) is 38.1 Å². The summed E-state index contributed by atoms with van der Waals surface area (Å²) in [7, 11) is 0. The van der Waals surface area contributed by atoms with E-state index in [0.717, 1.165) is 12.8 Å². The van der Waals surface area contributed by atoms with Crippen molar-refractivity contribution in [1.82, 2.24) is 0 Å². The highest BCUT2D eigenvalue weighted by Crippen LogP contribution is 2.12. The van der Waals surface area contributed by atoms with Gasteiger partial charge in [0.1, 0.15) is 0 Å². The number of hydrogen-bond donors (Lipinski definition) is 0. The lowest BCUT2D eigenvalue weighted by atomic mass is 10.0. The van der Waals surface area contributed by atoms with Crippen LogP contribution >= 0.6 is 0 Å². The zero-order chi connectivity index (χ0) is 9.68. The molecule has 0 aliphatic heterocycles. The van der Waals surface area contributed by atoms with Crippen LogP contribution in [0.4, 0.5) is 0 Å². The summed E-state index contributed by atoms with van der Waals surface area (Å²) in [4.78, 5) is 0. The molecule has 0 unspecified atom stereocenters. The van der Waals surface area contributed by atoms with E-state index in [1.54, 1.807) is 0 Å². The third-order valence-corrected chi connectivity index (χ3v) is 2.23. The van der Waals surface area contributed by atoms with Crippen LogP contribution in [-0.4, -0.2) is 0 Å². The van der Waals surface area contributed by atoms with Gasteiger partial charge in [-0.3, -0.25) is 0 Å². The molecular formula is C12H15N. The Morgan fingerprint density at radius 3 is 2.69 bits per heavy atom. The van der Waals surface area contributed by atoms with E-state index in [1.807, 2.05) is 0 Å². The molecule has 0 aliphatic rings. The van der Waals surface area contributed by atoms with E-state index in [-0.39, 0.29) is 0 Å². The van der Waals surface area contributed by atoms with E-state index < -0.39 is 0 Å². The molecule has 68 valence electrons. The molecule has 0 amide bonds. The number of unbranched alkanes of at least 4 members (excludes halogenated alkanes) is 1. The third-order valence-electron chi connectivity index (χ3n) is 2.23. The molecule has 0 bridgehead atoms. The molecule has 0 fully saturated rings. The Morgan fingerprint density at radius 2 is 2.08 bits per heavy atom. The fraction of sp³-hybridized carbons (Fsp3) is 0.417. The Bertz CT molecular complexity index is 320. The maximum Gasteiger partial charge on any atom is 0.0621 e. The van der Waals surface area contributed by atoms with Gasteiger partial charge in [0.25, 0.3) is 0 Å². The number of nitriles is 1. The van der Waals surface area contributed by atoms with Crippen LogP contribution in [-0.2, 0) is 6.42 Å². The Balaban J connectivity index is 2.62. The second kappa shape index (κ2) is 4.67. The highest BCUT2D eigenvalue weighted by Gasteiger charge is 1.97. The van der Waals surface area contributed by atoms with Crippen LogP contribution in [0.15, 0.2) is 18.2 Å². The average Bonchev–Trinajstić information content (AvgIpc) is 2.09. The zero-order valence-electron chi connectivity index (χ0n) is 8.30. The maximum atomic E-state index is 8.41. The summed E-state index contributed by atoms with van der Waals surface area (Å²) < 4.78 is 0. The van der Waals surface area contributed by atoms with E-state index in [4.69, 9.17) is 5.26 Å². The van der Waals surface area contributed by atoms with Gasteiger partial charge in [0.15, 0.2) is 0 Å². The number of rotatable bonds is 3. The van der Waals surface area contributed by atoms with Crippen molar-refractivity contribution >= 4 is 0 Å². The van der Waals surface area contributed by atoms with Crippen molar-refractivity contribution in [1.29, 1.82) is 5.26 Å². The van der Waals surface area contributed by atoms with Gasteiger partial charge in [-0.2, -0.15) is 5.26 Å². The maximum absolute atomic E-state index is 8.41. The second-order valence-electron chi connectivity index (χ2n) is 3.44. The smallest absolute Gasteiger partial charge is 0.0621 e. The van der Waals surface area contributed by atoms with Crippen LogP contribution in [0.25, 0.3) is 0 Å². The van der Waals surface area contributed by atoms with Gasteiger partial charge in [-0.05, 0) is 37.8 Å². The van der Waals surface area contributed by atoms with Crippen LogP contribution < -0.4 is 0 Å². The number of aryl methyl sites for hydroxylation is 3. The van der Waals surface area contributed by atoms with Crippen molar-refractivity contribution in [2.24, 2.45) is 0 Å². The molecule has 0 spiro atoms. The van der Waals surface area contributed by atoms with Crippen LogP contribution in [0, 0.1) is 25.2 Å². The first-order valence-corrected chi connectivity index (χ1v) is 4.67. The van der Waals surface area contributed by atoms with Gasteiger partial charge in [-0.1, -0.05) is 23.8 Å². The van der Waals surface area contributed by atoms with Crippen molar-refractivity contribution in [3.05, 3.63) is 34.9 Å². The molecule has 0 saturated carbocycles. The Hall–Kier alpha value is -1.29.